The van der Waals surface area contributed by atoms with Crippen LogP contribution in [0.15, 0.2) is 0 Å². The van der Waals surface area contributed by atoms with Crippen LogP contribution >= 0.6 is 0 Å². The van der Waals surface area contributed by atoms with Gasteiger partial charge in [-0.1, -0.05) is 20.8 Å². The maximum atomic E-state index is 12.8. The first kappa shape index (κ1) is 11.0. The number of hydrogen-bond acceptors (Lipinski definition) is 2. The molecule has 1 saturated carbocycles. The fourth-order valence-corrected chi connectivity index (χ4v) is 3.68. The lowest BCUT2D eigenvalue weighted by molar-refractivity contribution is 0.191. The molecule has 2 nitrogen and oxygen atoms in total. The molecular formula is C9H17FO2S. The largest absolute Gasteiger partial charge is 0.305 e. The second-order valence-electron chi connectivity index (χ2n) is 5.01. The molecule has 0 spiro atoms. The van der Waals surface area contributed by atoms with Gasteiger partial charge in [-0.05, 0) is 30.6 Å². The molecule has 0 aromatic carbocycles. The zero-order chi connectivity index (χ0) is 10.3. The predicted molar refractivity (Wildman–Crippen MR) is 50.6 cm³/mol. The van der Waals surface area contributed by atoms with E-state index in [1.54, 1.807) is 0 Å². The molecule has 1 aliphatic carbocycles. The van der Waals surface area contributed by atoms with Crippen LogP contribution in [0.4, 0.5) is 3.89 Å². The van der Waals surface area contributed by atoms with Crippen LogP contribution < -0.4 is 0 Å². The topological polar surface area (TPSA) is 34.1 Å². The second kappa shape index (κ2) is 3.23. The van der Waals surface area contributed by atoms with Gasteiger partial charge in [-0.3, -0.25) is 0 Å². The minimum Gasteiger partial charge on any atom is -0.195 e. The quantitative estimate of drug-likeness (QED) is 0.620. The molecule has 2 atom stereocenters. The molecule has 1 fully saturated rings. The van der Waals surface area contributed by atoms with E-state index in [0.29, 0.717) is 18.8 Å². The molecule has 1 rings (SSSR count). The van der Waals surface area contributed by atoms with Crippen molar-refractivity contribution in [1.29, 1.82) is 0 Å². The smallest absolute Gasteiger partial charge is 0.195 e. The lowest BCUT2D eigenvalue weighted by atomic mass is 9.73. The molecule has 78 valence electrons. The molecule has 0 heterocycles. The summed E-state index contributed by atoms with van der Waals surface area (Å²) in [6.45, 7) is 5.99. The Morgan fingerprint density at radius 2 is 1.85 bits per heavy atom. The summed E-state index contributed by atoms with van der Waals surface area (Å²) >= 11 is 0. The number of hydrogen-bond donors (Lipinski definition) is 0. The van der Waals surface area contributed by atoms with Gasteiger partial charge in [-0.25, -0.2) is 0 Å². The third-order valence-electron chi connectivity index (χ3n) is 2.74. The standard InChI is InChI=1S/C9H17FO2S/c1-7-4-8(13(10,11)12)6-9(2,3)5-7/h7-8H,4-6H2,1-3H3. The van der Waals surface area contributed by atoms with Gasteiger partial charge >= 0.3 is 10.2 Å². The van der Waals surface area contributed by atoms with Crippen LogP contribution in [-0.2, 0) is 10.2 Å². The minimum atomic E-state index is -4.33. The molecule has 0 aliphatic heterocycles. The monoisotopic (exact) mass is 208 g/mol. The molecule has 4 heteroatoms. The number of halogens is 1. The van der Waals surface area contributed by atoms with E-state index in [1.807, 2.05) is 20.8 Å². The molecule has 2 unspecified atom stereocenters. The molecule has 0 N–H and O–H groups in total. The van der Waals surface area contributed by atoms with Gasteiger partial charge in [-0.2, -0.15) is 8.42 Å². The highest BCUT2D eigenvalue weighted by molar-refractivity contribution is 7.87. The lowest BCUT2D eigenvalue weighted by Gasteiger charge is -2.37. The summed E-state index contributed by atoms with van der Waals surface area (Å²) in [4.78, 5) is 0. The molecular weight excluding hydrogens is 191 g/mol. The molecule has 0 radical (unpaired) electrons. The Labute approximate surface area is 79.7 Å². The summed E-state index contributed by atoms with van der Waals surface area (Å²) in [5.74, 6) is 0.305. The van der Waals surface area contributed by atoms with E-state index in [2.05, 4.69) is 0 Å². The molecule has 0 bridgehead atoms. The second-order valence-corrected chi connectivity index (χ2v) is 6.63. The highest BCUT2D eigenvalue weighted by Crippen LogP contribution is 2.41. The van der Waals surface area contributed by atoms with Gasteiger partial charge in [0.2, 0.25) is 0 Å². The van der Waals surface area contributed by atoms with Crippen molar-refractivity contribution in [3.05, 3.63) is 0 Å². The van der Waals surface area contributed by atoms with Gasteiger partial charge in [0.1, 0.15) is 0 Å². The van der Waals surface area contributed by atoms with Gasteiger partial charge in [0.05, 0.1) is 5.25 Å². The molecule has 0 aromatic rings. The lowest BCUT2D eigenvalue weighted by Crippen LogP contribution is -2.34. The fourth-order valence-electron chi connectivity index (χ4n) is 2.47. The summed E-state index contributed by atoms with van der Waals surface area (Å²) in [5.41, 5.74) is -0.0402. The van der Waals surface area contributed by atoms with Crippen LogP contribution in [0, 0.1) is 11.3 Å². The van der Waals surface area contributed by atoms with E-state index in [0.717, 1.165) is 6.42 Å². The first-order valence-electron chi connectivity index (χ1n) is 4.64. The normalized spacial score (nSPS) is 34.5. The van der Waals surface area contributed by atoms with Crippen molar-refractivity contribution in [2.45, 2.75) is 45.3 Å². The van der Waals surface area contributed by atoms with E-state index in [4.69, 9.17) is 0 Å². The van der Waals surface area contributed by atoms with Gasteiger partial charge in [-0.15, -0.1) is 3.89 Å². The Kier molecular flexibility index (Phi) is 2.72. The van der Waals surface area contributed by atoms with Gasteiger partial charge in [0.15, 0.2) is 0 Å². The van der Waals surface area contributed by atoms with Crippen molar-refractivity contribution in [2.75, 3.05) is 0 Å². The Balaban J connectivity index is 2.81. The maximum Gasteiger partial charge on any atom is 0.305 e. The highest BCUT2D eigenvalue weighted by atomic mass is 32.3. The van der Waals surface area contributed by atoms with E-state index in [-0.39, 0.29) is 5.41 Å². The molecule has 1 aliphatic rings. The van der Waals surface area contributed by atoms with Crippen LogP contribution in [0.25, 0.3) is 0 Å². The summed E-state index contributed by atoms with van der Waals surface area (Å²) < 4.78 is 34.3. The summed E-state index contributed by atoms with van der Waals surface area (Å²) in [6.07, 6.45) is 1.91. The van der Waals surface area contributed by atoms with Gasteiger partial charge in [0, 0.05) is 0 Å². The zero-order valence-electron chi connectivity index (χ0n) is 8.38. The summed E-state index contributed by atoms with van der Waals surface area (Å²) in [5, 5.41) is -0.772. The van der Waals surface area contributed by atoms with Crippen molar-refractivity contribution >= 4 is 10.2 Å². The van der Waals surface area contributed by atoms with E-state index < -0.39 is 15.5 Å². The Morgan fingerprint density at radius 3 is 2.23 bits per heavy atom. The van der Waals surface area contributed by atoms with Crippen LogP contribution in [0.1, 0.15) is 40.0 Å². The summed E-state index contributed by atoms with van der Waals surface area (Å²) in [6, 6.07) is 0. The zero-order valence-corrected chi connectivity index (χ0v) is 9.20. The SMILES string of the molecule is CC1CC(S(=O)(=O)F)CC(C)(C)C1. The first-order chi connectivity index (χ1) is 5.71. The van der Waals surface area contributed by atoms with Crippen molar-refractivity contribution in [3.63, 3.8) is 0 Å². The van der Waals surface area contributed by atoms with Crippen molar-refractivity contribution in [2.24, 2.45) is 11.3 Å². The molecule has 0 aromatic heterocycles. The molecule has 13 heavy (non-hydrogen) atoms. The van der Waals surface area contributed by atoms with Crippen LogP contribution in [0.5, 0.6) is 0 Å². The van der Waals surface area contributed by atoms with Crippen LogP contribution in [-0.4, -0.2) is 13.7 Å². The van der Waals surface area contributed by atoms with Gasteiger partial charge < -0.3 is 0 Å². The Morgan fingerprint density at radius 1 is 1.31 bits per heavy atom. The van der Waals surface area contributed by atoms with Crippen LogP contribution in [0.3, 0.4) is 0 Å². The fraction of sp³-hybridized carbons (Fsp3) is 1.00. The molecule has 0 saturated heterocycles. The van der Waals surface area contributed by atoms with Crippen LogP contribution in [0.2, 0.25) is 0 Å². The van der Waals surface area contributed by atoms with Crippen molar-refractivity contribution in [1.82, 2.24) is 0 Å². The molecule has 0 amide bonds. The Hall–Kier alpha value is -0.120. The van der Waals surface area contributed by atoms with E-state index in [1.165, 1.54) is 0 Å². The predicted octanol–water partition coefficient (Wildman–Crippen LogP) is 2.50. The summed E-state index contributed by atoms with van der Waals surface area (Å²) in [7, 11) is -4.33. The van der Waals surface area contributed by atoms with E-state index in [9.17, 15) is 12.3 Å². The first-order valence-corrected chi connectivity index (χ1v) is 6.09. The highest BCUT2D eigenvalue weighted by Gasteiger charge is 2.38. The third-order valence-corrected chi connectivity index (χ3v) is 3.90. The third kappa shape index (κ3) is 2.93. The van der Waals surface area contributed by atoms with Crippen molar-refractivity contribution in [3.8, 4) is 0 Å². The number of rotatable bonds is 1. The Bertz CT molecular complexity index is 282. The minimum absolute atomic E-state index is 0.0402. The maximum absolute atomic E-state index is 12.8. The average molecular weight is 208 g/mol. The van der Waals surface area contributed by atoms with Gasteiger partial charge in [0.25, 0.3) is 0 Å². The average Bonchev–Trinajstić information content (AvgIpc) is 1.79. The van der Waals surface area contributed by atoms with E-state index >= 15 is 0 Å². The van der Waals surface area contributed by atoms with Crippen molar-refractivity contribution < 1.29 is 12.3 Å².